The fourth-order valence-electron chi connectivity index (χ4n) is 11.7. The molecule has 1 unspecified atom stereocenters. The molecule has 9 heterocycles. The summed E-state index contributed by atoms with van der Waals surface area (Å²) < 4.78 is 14.8. The summed E-state index contributed by atoms with van der Waals surface area (Å²) in [6.45, 7) is 7.82. The number of rotatable bonds is 10. The average molecular weight is 1180 g/mol. The number of carbonyl (C=O) groups is 4. The molecule has 27 heteroatoms. The number of aryl methyl sites for hydroxylation is 3. The van der Waals surface area contributed by atoms with Gasteiger partial charge in [0.15, 0.2) is 0 Å². The van der Waals surface area contributed by atoms with Crippen LogP contribution in [0.3, 0.4) is 0 Å². The first-order chi connectivity index (χ1) is 41.5. The standard InChI is InChI=1S/C21H23N5O4.C19H19N5O4.C19H22N4O5/c1-3-30-21(29)17-18(15-6-4-5-7-16(15)24(2)20(17)28)25-8-10-26(11-9-25)19(27)14-12-22-23-13-14;1-21-15-7-3-2-5-13(15)16(17(19(21)26)24(27)28)22-9-11-23(12-10-22)18(25)14-6-4-8-20-14;1-20-14-6-3-2-5-13(14)16(17(19(20)25)23(26)27)21-8-10-22(11-9-21)18(24)15-7-4-12-28-15/h4-7,12-13H,3,8-11H2,1-2H3,(H,22,23);2-8,20H,9-12H2,1H3;2-3,5-6,15H,4,7-12H2,1H3. The van der Waals surface area contributed by atoms with E-state index >= 15 is 0 Å². The number of amides is 3. The van der Waals surface area contributed by atoms with E-state index in [1.165, 1.54) is 26.9 Å². The molecule has 1 atom stereocenters. The van der Waals surface area contributed by atoms with Gasteiger partial charge in [-0.1, -0.05) is 54.6 Å². The second-order valence-corrected chi connectivity index (χ2v) is 20.9. The Hall–Kier alpha value is -10.2. The molecule has 0 spiro atoms. The van der Waals surface area contributed by atoms with Gasteiger partial charge in [0, 0.05) is 135 Å². The van der Waals surface area contributed by atoms with Gasteiger partial charge >= 0.3 is 28.5 Å². The maximum absolute atomic E-state index is 13.1. The number of nitrogens with zero attached hydrogens (tertiary/aromatic N) is 12. The zero-order chi connectivity index (χ0) is 60.9. The third-order valence-corrected chi connectivity index (χ3v) is 16.1. The molecule has 0 saturated carbocycles. The lowest BCUT2D eigenvalue weighted by Gasteiger charge is -2.37. The molecule has 4 fully saturated rings. The highest BCUT2D eigenvalue weighted by Gasteiger charge is 2.36. The normalized spacial score (nSPS) is 16.2. The average Bonchev–Trinajstić information content (AvgIpc) is 1.36. The van der Waals surface area contributed by atoms with Crippen LogP contribution in [0.25, 0.3) is 32.7 Å². The lowest BCUT2D eigenvalue weighted by molar-refractivity contribution is -0.385. The van der Waals surface area contributed by atoms with E-state index in [9.17, 15) is 53.8 Å². The monoisotopic (exact) mass is 1180 g/mol. The summed E-state index contributed by atoms with van der Waals surface area (Å²) in [5, 5.41) is 32.0. The van der Waals surface area contributed by atoms with Crippen molar-refractivity contribution in [3.05, 3.63) is 172 Å². The van der Waals surface area contributed by atoms with Crippen molar-refractivity contribution in [3.63, 3.8) is 0 Å². The highest BCUT2D eigenvalue weighted by atomic mass is 16.6. The maximum atomic E-state index is 13.1. The Morgan fingerprint density at radius 1 is 0.605 bits per heavy atom. The van der Waals surface area contributed by atoms with Gasteiger partial charge in [-0.3, -0.25) is 54.1 Å². The summed E-state index contributed by atoms with van der Waals surface area (Å²) in [5.74, 6) is -0.841. The van der Waals surface area contributed by atoms with Crippen molar-refractivity contribution in [2.45, 2.75) is 25.9 Å². The number of anilines is 3. The van der Waals surface area contributed by atoms with Gasteiger partial charge in [0.05, 0.1) is 50.5 Å². The van der Waals surface area contributed by atoms with Gasteiger partial charge < -0.3 is 57.6 Å². The van der Waals surface area contributed by atoms with Crippen LogP contribution >= 0.6 is 0 Å². The van der Waals surface area contributed by atoms with Crippen LogP contribution in [0.5, 0.6) is 0 Å². The molecule has 4 aliphatic rings. The number of fused-ring (bicyclic) bond motifs is 3. The molecular formula is C59H64N14O13. The van der Waals surface area contributed by atoms with Crippen molar-refractivity contribution in [1.82, 2.24) is 43.6 Å². The van der Waals surface area contributed by atoms with E-state index < -0.39 is 38.3 Å². The van der Waals surface area contributed by atoms with E-state index in [1.54, 1.807) is 109 Å². The highest BCUT2D eigenvalue weighted by molar-refractivity contribution is 6.06. The van der Waals surface area contributed by atoms with Crippen LogP contribution in [0.2, 0.25) is 0 Å². The van der Waals surface area contributed by atoms with Crippen molar-refractivity contribution in [2.24, 2.45) is 21.1 Å². The van der Waals surface area contributed by atoms with E-state index in [0.29, 0.717) is 135 Å². The largest absolute Gasteiger partial charge is 0.462 e. The SMILES string of the molecule is CCOC(=O)c1c(N2CCN(C(=O)c3cn[nH]c3)CC2)c2ccccc2n(C)c1=O.Cn1c(=O)c([N+](=O)[O-])c(N2CCN(C(=O)C3CCCO3)CC2)c2ccccc21.Cn1c(=O)c([N+](=O)[O-])c(N2CCN(C(=O)c3ccc[nH]3)CC2)c2ccccc21. The quantitative estimate of drug-likeness (QED) is 0.109. The second-order valence-electron chi connectivity index (χ2n) is 20.9. The third kappa shape index (κ3) is 11.5. The van der Waals surface area contributed by atoms with Crippen LogP contribution in [-0.4, -0.2) is 175 Å². The molecule has 4 saturated heterocycles. The van der Waals surface area contributed by atoms with E-state index in [4.69, 9.17) is 9.47 Å². The smallest absolute Gasteiger partial charge is 0.357 e. The summed E-state index contributed by atoms with van der Waals surface area (Å²) in [6.07, 6.45) is 6.03. The fourth-order valence-corrected chi connectivity index (χ4v) is 11.7. The van der Waals surface area contributed by atoms with Gasteiger partial charge in [-0.25, -0.2) is 4.79 Å². The third-order valence-electron chi connectivity index (χ3n) is 16.1. The van der Waals surface area contributed by atoms with Gasteiger partial charge in [0.25, 0.3) is 23.3 Å². The number of ether oxygens (including phenoxy) is 2. The molecule has 86 heavy (non-hydrogen) atoms. The first-order valence-electron chi connectivity index (χ1n) is 28.2. The number of aromatic amines is 2. The number of pyridine rings is 3. The minimum absolute atomic E-state index is 0.0134. The number of aromatic nitrogens is 6. The summed E-state index contributed by atoms with van der Waals surface area (Å²) in [4.78, 5) is 125. The number of piperazine rings is 3. The van der Waals surface area contributed by atoms with Gasteiger partial charge in [-0.2, -0.15) is 5.10 Å². The van der Waals surface area contributed by atoms with Crippen LogP contribution in [0.15, 0.2) is 118 Å². The van der Waals surface area contributed by atoms with Gasteiger partial charge in [-0.15, -0.1) is 0 Å². The predicted octanol–water partition coefficient (Wildman–Crippen LogP) is 4.41. The summed E-state index contributed by atoms with van der Waals surface area (Å²) in [6, 6.07) is 25.3. The number of carbonyl (C=O) groups excluding carboxylic acids is 4. The number of benzene rings is 3. The Kier molecular flexibility index (Phi) is 17.4. The lowest BCUT2D eigenvalue weighted by atomic mass is 10.1. The second kappa shape index (κ2) is 25.4. The maximum Gasteiger partial charge on any atom is 0.357 e. The van der Waals surface area contributed by atoms with Crippen molar-refractivity contribution >= 4 is 84.8 Å². The van der Waals surface area contributed by atoms with E-state index in [0.717, 1.165) is 23.7 Å². The fraction of sp³-hybridized carbons (Fsp3) is 0.356. The Balaban J connectivity index is 0.000000143. The lowest BCUT2D eigenvalue weighted by Crippen LogP contribution is -2.51. The molecule has 2 N–H and O–H groups in total. The van der Waals surface area contributed by atoms with Crippen molar-refractivity contribution in [2.75, 3.05) is 106 Å². The molecule has 27 nitrogen and oxygen atoms in total. The number of para-hydroxylation sites is 3. The first kappa shape index (κ1) is 59.0. The van der Waals surface area contributed by atoms with Crippen molar-refractivity contribution in [1.29, 1.82) is 0 Å². The van der Waals surface area contributed by atoms with Crippen LogP contribution in [-0.2, 0) is 35.4 Å². The zero-order valence-electron chi connectivity index (χ0n) is 47.9. The van der Waals surface area contributed by atoms with Gasteiger partial charge in [0.1, 0.15) is 28.7 Å². The van der Waals surface area contributed by atoms with Gasteiger partial charge in [-0.05, 0) is 50.1 Å². The summed E-state index contributed by atoms with van der Waals surface area (Å²) in [7, 11) is 4.73. The van der Waals surface area contributed by atoms with Gasteiger partial charge in [0.2, 0.25) is 0 Å². The molecule has 448 valence electrons. The molecule has 0 aliphatic carbocycles. The minimum Gasteiger partial charge on any atom is -0.462 e. The number of H-pyrrole nitrogens is 2. The number of nitro groups is 2. The minimum atomic E-state index is -0.636. The van der Waals surface area contributed by atoms with Crippen LogP contribution in [0, 0.1) is 20.2 Å². The topological polar surface area (TPSA) is 303 Å². The van der Waals surface area contributed by atoms with Crippen LogP contribution in [0.1, 0.15) is 51.0 Å². The molecule has 5 aromatic heterocycles. The Bertz CT molecular complexity index is 4070. The number of esters is 1. The molecule has 3 amide bonds. The van der Waals surface area contributed by atoms with E-state index in [1.807, 2.05) is 39.0 Å². The Morgan fingerprint density at radius 3 is 1.49 bits per heavy atom. The molecule has 8 aromatic rings. The van der Waals surface area contributed by atoms with Crippen LogP contribution < -0.4 is 31.4 Å². The Morgan fingerprint density at radius 2 is 1.06 bits per heavy atom. The zero-order valence-corrected chi connectivity index (χ0v) is 47.9. The van der Waals surface area contributed by atoms with Crippen molar-refractivity contribution in [3.8, 4) is 0 Å². The molecule has 12 rings (SSSR count). The predicted molar refractivity (Wildman–Crippen MR) is 320 cm³/mol. The molecular weight excluding hydrogens is 1110 g/mol. The van der Waals surface area contributed by atoms with Crippen molar-refractivity contribution < 1.29 is 38.5 Å². The van der Waals surface area contributed by atoms with E-state index in [-0.39, 0.29) is 41.6 Å². The number of nitrogens with one attached hydrogen (secondary N) is 2. The number of hydrogen-bond acceptors (Lipinski definition) is 17. The summed E-state index contributed by atoms with van der Waals surface area (Å²) >= 11 is 0. The first-order valence-corrected chi connectivity index (χ1v) is 28.2. The Labute approximate surface area is 490 Å². The van der Waals surface area contributed by atoms with Crippen LogP contribution in [0.4, 0.5) is 28.4 Å². The molecule has 4 aliphatic heterocycles. The van der Waals surface area contributed by atoms with E-state index in [2.05, 4.69) is 15.2 Å². The summed E-state index contributed by atoms with van der Waals surface area (Å²) in [5.41, 5.74) is 1.82. The molecule has 3 aromatic carbocycles. The highest BCUT2D eigenvalue weighted by Crippen LogP contribution is 2.36. The molecule has 0 bridgehead atoms. The molecule has 0 radical (unpaired) electrons. The number of hydrogen-bond donors (Lipinski definition) is 2.